The van der Waals surface area contributed by atoms with Crippen LogP contribution in [-0.2, 0) is 5.75 Å². The standard InChI is InChI=1S/C10H16N2S/c1-8(2)13-7-10-6-9(11-3)4-5-12-10/h4-6,8H,7H2,1-3H3,(H,11,12). The molecule has 2 nitrogen and oxygen atoms in total. The Hall–Kier alpha value is -0.700. The predicted molar refractivity (Wildman–Crippen MR) is 60.2 cm³/mol. The molecule has 0 bridgehead atoms. The second-order valence-corrected chi connectivity index (χ2v) is 4.71. The van der Waals surface area contributed by atoms with Crippen LogP contribution in [0.5, 0.6) is 0 Å². The van der Waals surface area contributed by atoms with Gasteiger partial charge in [-0.3, -0.25) is 4.98 Å². The fourth-order valence-corrected chi connectivity index (χ4v) is 1.63. The van der Waals surface area contributed by atoms with Crippen LogP contribution in [0.15, 0.2) is 18.3 Å². The monoisotopic (exact) mass is 196 g/mol. The first-order chi connectivity index (χ1) is 6.22. The van der Waals surface area contributed by atoms with Gasteiger partial charge < -0.3 is 5.32 Å². The molecule has 0 fully saturated rings. The molecule has 3 heteroatoms. The van der Waals surface area contributed by atoms with Crippen LogP contribution in [0.3, 0.4) is 0 Å². The number of aromatic nitrogens is 1. The first-order valence-corrected chi connectivity index (χ1v) is 5.51. The fourth-order valence-electron chi connectivity index (χ4n) is 0.965. The number of nitrogens with zero attached hydrogens (tertiary/aromatic N) is 1. The second-order valence-electron chi connectivity index (χ2n) is 3.15. The van der Waals surface area contributed by atoms with Crippen molar-refractivity contribution in [3.05, 3.63) is 24.0 Å². The summed E-state index contributed by atoms with van der Waals surface area (Å²) in [5.41, 5.74) is 2.28. The molecule has 0 radical (unpaired) electrons. The third kappa shape index (κ3) is 3.68. The van der Waals surface area contributed by atoms with Crippen molar-refractivity contribution in [2.45, 2.75) is 24.9 Å². The molecular formula is C10H16N2S. The Balaban J connectivity index is 2.56. The van der Waals surface area contributed by atoms with Crippen LogP contribution >= 0.6 is 11.8 Å². The lowest BCUT2D eigenvalue weighted by Crippen LogP contribution is -1.94. The van der Waals surface area contributed by atoms with Gasteiger partial charge in [-0.1, -0.05) is 13.8 Å². The molecular weight excluding hydrogens is 180 g/mol. The van der Waals surface area contributed by atoms with Crippen molar-refractivity contribution in [3.63, 3.8) is 0 Å². The Morgan fingerprint density at radius 3 is 2.92 bits per heavy atom. The van der Waals surface area contributed by atoms with E-state index in [-0.39, 0.29) is 0 Å². The summed E-state index contributed by atoms with van der Waals surface area (Å²) in [7, 11) is 1.93. The highest BCUT2D eigenvalue weighted by Crippen LogP contribution is 2.17. The number of hydrogen-bond acceptors (Lipinski definition) is 3. The highest BCUT2D eigenvalue weighted by molar-refractivity contribution is 7.99. The van der Waals surface area contributed by atoms with Gasteiger partial charge in [0.2, 0.25) is 0 Å². The van der Waals surface area contributed by atoms with Crippen LogP contribution in [-0.4, -0.2) is 17.3 Å². The lowest BCUT2D eigenvalue weighted by atomic mass is 10.3. The van der Waals surface area contributed by atoms with Gasteiger partial charge in [0.05, 0.1) is 5.69 Å². The first-order valence-electron chi connectivity index (χ1n) is 4.46. The van der Waals surface area contributed by atoms with Gasteiger partial charge in [-0.2, -0.15) is 11.8 Å². The molecule has 0 atom stereocenters. The van der Waals surface area contributed by atoms with Gasteiger partial charge in [0.1, 0.15) is 0 Å². The fraction of sp³-hybridized carbons (Fsp3) is 0.500. The number of nitrogens with one attached hydrogen (secondary N) is 1. The maximum atomic E-state index is 4.30. The largest absolute Gasteiger partial charge is 0.388 e. The van der Waals surface area contributed by atoms with E-state index >= 15 is 0 Å². The Morgan fingerprint density at radius 1 is 1.54 bits per heavy atom. The van der Waals surface area contributed by atoms with E-state index in [1.807, 2.05) is 31.1 Å². The van der Waals surface area contributed by atoms with Gasteiger partial charge in [-0.05, 0) is 17.4 Å². The molecule has 0 aliphatic rings. The summed E-state index contributed by atoms with van der Waals surface area (Å²) in [5, 5.41) is 3.77. The minimum atomic E-state index is 0.667. The Labute approximate surface area is 84.1 Å². The van der Waals surface area contributed by atoms with Gasteiger partial charge in [0.25, 0.3) is 0 Å². The minimum absolute atomic E-state index is 0.667. The van der Waals surface area contributed by atoms with Crippen LogP contribution in [0.2, 0.25) is 0 Å². The zero-order valence-corrected chi connectivity index (χ0v) is 9.19. The zero-order chi connectivity index (χ0) is 9.68. The molecule has 1 heterocycles. The molecule has 0 amide bonds. The van der Waals surface area contributed by atoms with Crippen molar-refractivity contribution in [1.29, 1.82) is 0 Å². The summed E-state index contributed by atoms with van der Waals surface area (Å²) < 4.78 is 0. The topological polar surface area (TPSA) is 24.9 Å². The van der Waals surface area contributed by atoms with Crippen molar-refractivity contribution in [1.82, 2.24) is 4.98 Å². The van der Waals surface area contributed by atoms with E-state index in [0.717, 1.165) is 17.1 Å². The summed E-state index contributed by atoms with van der Waals surface area (Å²) in [5.74, 6) is 0.993. The van der Waals surface area contributed by atoms with Crippen LogP contribution in [0.25, 0.3) is 0 Å². The maximum Gasteiger partial charge on any atom is 0.0523 e. The summed E-state index contributed by atoms with van der Waals surface area (Å²) in [6.45, 7) is 4.40. The van der Waals surface area contributed by atoms with Crippen molar-refractivity contribution in [3.8, 4) is 0 Å². The van der Waals surface area contributed by atoms with E-state index in [1.54, 1.807) is 0 Å². The Bertz CT molecular complexity index is 261. The van der Waals surface area contributed by atoms with Gasteiger partial charge in [0, 0.05) is 24.7 Å². The van der Waals surface area contributed by atoms with Crippen molar-refractivity contribution < 1.29 is 0 Å². The van der Waals surface area contributed by atoms with E-state index in [9.17, 15) is 0 Å². The van der Waals surface area contributed by atoms with E-state index < -0.39 is 0 Å². The van der Waals surface area contributed by atoms with Crippen LogP contribution in [0.4, 0.5) is 5.69 Å². The van der Waals surface area contributed by atoms with Gasteiger partial charge in [-0.15, -0.1) is 0 Å². The average Bonchev–Trinajstić information content (AvgIpc) is 2.15. The number of hydrogen-bond donors (Lipinski definition) is 1. The van der Waals surface area contributed by atoms with E-state index in [4.69, 9.17) is 0 Å². The Morgan fingerprint density at radius 2 is 2.31 bits per heavy atom. The molecule has 0 unspecified atom stereocenters. The summed E-state index contributed by atoms with van der Waals surface area (Å²) in [6, 6.07) is 4.07. The highest BCUT2D eigenvalue weighted by Gasteiger charge is 1.98. The van der Waals surface area contributed by atoms with Crippen LogP contribution in [0, 0.1) is 0 Å². The summed E-state index contributed by atoms with van der Waals surface area (Å²) in [4.78, 5) is 4.30. The Kier molecular flexibility index (Phi) is 4.09. The molecule has 0 aliphatic carbocycles. The quantitative estimate of drug-likeness (QED) is 0.801. The third-order valence-corrected chi connectivity index (χ3v) is 2.80. The van der Waals surface area contributed by atoms with E-state index in [2.05, 4.69) is 30.2 Å². The van der Waals surface area contributed by atoms with E-state index in [0.29, 0.717) is 5.25 Å². The average molecular weight is 196 g/mol. The zero-order valence-electron chi connectivity index (χ0n) is 8.37. The smallest absolute Gasteiger partial charge is 0.0523 e. The van der Waals surface area contributed by atoms with Crippen LogP contribution in [0.1, 0.15) is 19.5 Å². The predicted octanol–water partition coefficient (Wildman–Crippen LogP) is 2.76. The van der Waals surface area contributed by atoms with Gasteiger partial charge in [-0.25, -0.2) is 0 Å². The molecule has 1 rings (SSSR count). The summed E-state index contributed by atoms with van der Waals surface area (Å²) in [6.07, 6.45) is 1.85. The van der Waals surface area contributed by atoms with Crippen molar-refractivity contribution in [2.75, 3.05) is 12.4 Å². The minimum Gasteiger partial charge on any atom is -0.388 e. The third-order valence-electron chi connectivity index (χ3n) is 1.67. The second kappa shape index (κ2) is 5.12. The number of thioether (sulfide) groups is 1. The van der Waals surface area contributed by atoms with Gasteiger partial charge in [0.15, 0.2) is 0 Å². The molecule has 0 spiro atoms. The number of anilines is 1. The van der Waals surface area contributed by atoms with Crippen molar-refractivity contribution in [2.24, 2.45) is 0 Å². The molecule has 1 aromatic rings. The molecule has 0 saturated heterocycles. The molecule has 0 aliphatic heterocycles. The lowest BCUT2D eigenvalue weighted by molar-refractivity contribution is 1.09. The summed E-state index contributed by atoms with van der Waals surface area (Å²) >= 11 is 1.91. The first kappa shape index (κ1) is 10.4. The van der Waals surface area contributed by atoms with E-state index in [1.165, 1.54) is 0 Å². The van der Waals surface area contributed by atoms with Crippen molar-refractivity contribution >= 4 is 17.4 Å². The number of rotatable bonds is 4. The molecule has 13 heavy (non-hydrogen) atoms. The normalized spacial score (nSPS) is 10.5. The molecule has 0 aromatic carbocycles. The number of pyridine rings is 1. The highest BCUT2D eigenvalue weighted by atomic mass is 32.2. The van der Waals surface area contributed by atoms with Crippen LogP contribution < -0.4 is 5.32 Å². The molecule has 1 N–H and O–H groups in total. The molecule has 72 valence electrons. The van der Waals surface area contributed by atoms with Gasteiger partial charge >= 0.3 is 0 Å². The lowest BCUT2D eigenvalue weighted by Gasteiger charge is -2.05. The SMILES string of the molecule is CNc1ccnc(CSC(C)C)c1. The molecule has 0 saturated carbocycles. The maximum absolute atomic E-state index is 4.30. The molecule has 1 aromatic heterocycles.